The van der Waals surface area contributed by atoms with Crippen LogP contribution in [0.5, 0.6) is 0 Å². The zero-order chi connectivity index (χ0) is 12.9. The van der Waals surface area contributed by atoms with Gasteiger partial charge in [-0.3, -0.25) is 0 Å². The van der Waals surface area contributed by atoms with Crippen molar-refractivity contribution >= 4 is 9.84 Å². The van der Waals surface area contributed by atoms with Gasteiger partial charge in [0.1, 0.15) is 9.84 Å². The summed E-state index contributed by atoms with van der Waals surface area (Å²) in [6, 6.07) is 0.381. The van der Waals surface area contributed by atoms with Gasteiger partial charge in [-0.05, 0) is 33.2 Å². The highest BCUT2D eigenvalue weighted by molar-refractivity contribution is 7.91. The van der Waals surface area contributed by atoms with Gasteiger partial charge in [-0.15, -0.1) is 0 Å². The average molecular weight is 263 g/mol. The highest BCUT2D eigenvalue weighted by atomic mass is 32.2. The topological polar surface area (TPSA) is 55.4 Å². The maximum atomic E-state index is 11.4. The third-order valence-electron chi connectivity index (χ3n) is 3.58. The maximum absolute atomic E-state index is 11.4. The van der Waals surface area contributed by atoms with Gasteiger partial charge in [-0.1, -0.05) is 6.92 Å². The van der Waals surface area contributed by atoms with Crippen LogP contribution in [-0.4, -0.2) is 45.7 Å². The molecule has 0 spiro atoms. The summed E-state index contributed by atoms with van der Waals surface area (Å²) >= 11 is 0. The highest BCUT2D eigenvalue weighted by Gasteiger charge is 2.28. The lowest BCUT2D eigenvalue weighted by Crippen LogP contribution is -2.34. The Morgan fingerprint density at radius 3 is 2.65 bits per heavy atom. The van der Waals surface area contributed by atoms with E-state index in [-0.39, 0.29) is 5.75 Å². The van der Waals surface area contributed by atoms with Crippen molar-refractivity contribution < 1.29 is 13.2 Å². The smallest absolute Gasteiger partial charge is 0.150 e. The molecule has 0 saturated carbocycles. The minimum atomic E-state index is -2.82. The van der Waals surface area contributed by atoms with Crippen LogP contribution in [0.3, 0.4) is 0 Å². The van der Waals surface area contributed by atoms with Crippen molar-refractivity contribution in [1.29, 1.82) is 0 Å². The van der Waals surface area contributed by atoms with Crippen LogP contribution in [-0.2, 0) is 14.6 Å². The Balaban J connectivity index is 2.33. The summed E-state index contributed by atoms with van der Waals surface area (Å²) in [5.74, 6) is 1.09. The molecule has 0 aromatic rings. The number of sulfone groups is 1. The first-order valence-electron chi connectivity index (χ1n) is 6.47. The normalized spacial score (nSPS) is 27.2. The number of nitrogens with one attached hydrogen (secondary N) is 1. The maximum Gasteiger partial charge on any atom is 0.150 e. The average Bonchev–Trinajstić information content (AvgIpc) is 2.71. The minimum Gasteiger partial charge on any atom is -0.378 e. The summed E-state index contributed by atoms with van der Waals surface area (Å²) in [6.07, 6.45) is 3.07. The van der Waals surface area contributed by atoms with E-state index in [9.17, 15) is 8.42 Å². The predicted molar refractivity (Wildman–Crippen MR) is 69.9 cm³/mol. The molecule has 0 amide bonds. The molecule has 1 fully saturated rings. The van der Waals surface area contributed by atoms with Crippen molar-refractivity contribution in [2.75, 3.05) is 25.2 Å². The summed E-state index contributed by atoms with van der Waals surface area (Å²) in [4.78, 5) is 0. The van der Waals surface area contributed by atoms with E-state index in [4.69, 9.17) is 4.74 Å². The molecule has 4 nitrogen and oxygen atoms in total. The van der Waals surface area contributed by atoms with Crippen molar-refractivity contribution in [2.45, 2.75) is 45.3 Å². The zero-order valence-electron chi connectivity index (χ0n) is 11.1. The standard InChI is InChI=1S/C12H25NO3S/c1-4-17(14,15)7-5-6-12(13-3)11-8-10(2)16-9-11/h10-13H,4-9H2,1-3H3. The molecule has 1 heterocycles. The molecule has 1 aliphatic rings. The van der Waals surface area contributed by atoms with Gasteiger partial charge in [-0.2, -0.15) is 0 Å². The molecule has 0 aromatic carbocycles. The molecule has 0 radical (unpaired) electrons. The Bertz CT molecular complexity index is 316. The molecule has 0 aliphatic carbocycles. The number of ether oxygens (including phenoxy) is 1. The second kappa shape index (κ2) is 6.71. The number of hydrogen-bond acceptors (Lipinski definition) is 4. The van der Waals surface area contributed by atoms with E-state index in [1.54, 1.807) is 6.92 Å². The van der Waals surface area contributed by atoms with Crippen LogP contribution < -0.4 is 5.32 Å². The third kappa shape index (κ3) is 4.94. The van der Waals surface area contributed by atoms with Gasteiger partial charge in [0, 0.05) is 17.7 Å². The quantitative estimate of drug-likeness (QED) is 0.750. The molecule has 102 valence electrons. The molecular formula is C12H25NO3S. The van der Waals surface area contributed by atoms with Gasteiger partial charge in [0.25, 0.3) is 0 Å². The Labute approximate surface area is 105 Å². The van der Waals surface area contributed by atoms with Crippen LogP contribution >= 0.6 is 0 Å². The monoisotopic (exact) mass is 263 g/mol. The lowest BCUT2D eigenvalue weighted by Gasteiger charge is -2.21. The fourth-order valence-electron chi connectivity index (χ4n) is 2.41. The fraction of sp³-hybridized carbons (Fsp3) is 1.00. The van der Waals surface area contributed by atoms with Crippen molar-refractivity contribution in [3.63, 3.8) is 0 Å². The van der Waals surface area contributed by atoms with Crippen LogP contribution in [0, 0.1) is 5.92 Å². The number of hydrogen-bond donors (Lipinski definition) is 1. The second-order valence-corrected chi connectivity index (χ2v) is 7.39. The van der Waals surface area contributed by atoms with E-state index in [0.29, 0.717) is 23.8 Å². The Morgan fingerprint density at radius 2 is 2.18 bits per heavy atom. The molecule has 5 heteroatoms. The van der Waals surface area contributed by atoms with E-state index in [2.05, 4.69) is 12.2 Å². The van der Waals surface area contributed by atoms with E-state index in [1.165, 1.54) is 0 Å². The lowest BCUT2D eigenvalue weighted by molar-refractivity contribution is 0.116. The summed E-state index contributed by atoms with van der Waals surface area (Å²) in [7, 11) is -0.870. The van der Waals surface area contributed by atoms with Crippen LogP contribution in [0.2, 0.25) is 0 Å². The van der Waals surface area contributed by atoms with Gasteiger partial charge in [0.05, 0.1) is 18.5 Å². The van der Waals surface area contributed by atoms with E-state index < -0.39 is 9.84 Å². The van der Waals surface area contributed by atoms with Crippen LogP contribution in [0.1, 0.15) is 33.1 Å². The Hall–Kier alpha value is -0.130. The molecule has 1 rings (SSSR count). The molecule has 0 bridgehead atoms. The van der Waals surface area contributed by atoms with Gasteiger partial charge >= 0.3 is 0 Å². The summed E-state index contributed by atoms with van der Waals surface area (Å²) in [5.41, 5.74) is 0. The zero-order valence-corrected chi connectivity index (χ0v) is 11.9. The van der Waals surface area contributed by atoms with Crippen molar-refractivity contribution in [1.82, 2.24) is 5.32 Å². The van der Waals surface area contributed by atoms with Crippen LogP contribution in [0.25, 0.3) is 0 Å². The minimum absolute atomic E-state index is 0.251. The van der Waals surface area contributed by atoms with Gasteiger partial charge in [0.2, 0.25) is 0 Å². The van der Waals surface area contributed by atoms with Gasteiger partial charge in [-0.25, -0.2) is 8.42 Å². The summed E-state index contributed by atoms with van der Waals surface area (Å²) in [5, 5.41) is 3.29. The van der Waals surface area contributed by atoms with E-state index in [0.717, 1.165) is 25.9 Å². The first-order valence-corrected chi connectivity index (χ1v) is 8.30. The summed E-state index contributed by atoms with van der Waals surface area (Å²) < 4.78 is 28.4. The first kappa shape index (κ1) is 14.9. The Morgan fingerprint density at radius 1 is 1.47 bits per heavy atom. The van der Waals surface area contributed by atoms with Crippen molar-refractivity contribution in [2.24, 2.45) is 5.92 Å². The highest BCUT2D eigenvalue weighted by Crippen LogP contribution is 2.24. The van der Waals surface area contributed by atoms with E-state index in [1.807, 2.05) is 7.05 Å². The molecule has 3 atom stereocenters. The summed E-state index contributed by atoms with van der Waals surface area (Å²) in [6.45, 7) is 4.60. The molecule has 3 unspecified atom stereocenters. The molecule has 1 N–H and O–H groups in total. The second-order valence-electron chi connectivity index (χ2n) is 4.91. The van der Waals surface area contributed by atoms with Crippen LogP contribution in [0.15, 0.2) is 0 Å². The van der Waals surface area contributed by atoms with Crippen LogP contribution in [0.4, 0.5) is 0 Å². The van der Waals surface area contributed by atoms with Gasteiger partial charge < -0.3 is 10.1 Å². The van der Waals surface area contributed by atoms with Crippen molar-refractivity contribution in [3.05, 3.63) is 0 Å². The van der Waals surface area contributed by atoms with E-state index >= 15 is 0 Å². The molecule has 1 saturated heterocycles. The predicted octanol–water partition coefficient (Wildman–Crippen LogP) is 1.21. The molecule has 0 aromatic heterocycles. The van der Waals surface area contributed by atoms with Gasteiger partial charge in [0.15, 0.2) is 0 Å². The third-order valence-corrected chi connectivity index (χ3v) is 5.37. The lowest BCUT2D eigenvalue weighted by atomic mass is 9.94. The van der Waals surface area contributed by atoms with Crippen molar-refractivity contribution in [3.8, 4) is 0 Å². The first-order chi connectivity index (χ1) is 7.98. The number of rotatable bonds is 7. The SMILES string of the molecule is CCS(=O)(=O)CCCC(NC)C1COC(C)C1. The molecule has 1 aliphatic heterocycles. The molecule has 17 heavy (non-hydrogen) atoms. The Kier molecular flexibility index (Phi) is 5.89. The fourth-order valence-corrected chi connectivity index (χ4v) is 3.31. The largest absolute Gasteiger partial charge is 0.378 e. The molecular weight excluding hydrogens is 238 g/mol.